The Kier molecular flexibility index (Phi) is 18.3. The van der Waals surface area contributed by atoms with Crippen LogP contribution in [0.2, 0.25) is 0 Å². The van der Waals surface area contributed by atoms with Gasteiger partial charge in [0.25, 0.3) is 0 Å². The van der Waals surface area contributed by atoms with Gasteiger partial charge in [-0.25, -0.2) is 0 Å². The summed E-state index contributed by atoms with van der Waals surface area (Å²) in [5, 5.41) is 10.8. The molecule has 4 heteroatoms. The Bertz CT molecular complexity index is 2400. The van der Waals surface area contributed by atoms with Crippen molar-refractivity contribution >= 4 is 74.8 Å². The van der Waals surface area contributed by atoms with Crippen LogP contribution in [0.3, 0.4) is 0 Å². The second-order valence-electron chi connectivity index (χ2n) is 17.6. The Hall–Kier alpha value is -3.26. The molecule has 312 valence electrons. The number of rotatable bonds is 6. The van der Waals surface area contributed by atoms with Gasteiger partial charge in [-0.1, -0.05) is 148 Å². The van der Waals surface area contributed by atoms with Gasteiger partial charge in [-0.3, -0.25) is 0 Å². The first kappa shape index (κ1) is 49.4. The summed E-state index contributed by atoms with van der Waals surface area (Å²) in [6.45, 7) is 8.05. The molecule has 2 aliphatic rings. The average molecular weight is 925 g/mol. The molecule has 2 fully saturated rings. The summed E-state index contributed by atoms with van der Waals surface area (Å²) in [5.74, 6) is 0. The van der Waals surface area contributed by atoms with Gasteiger partial charge in [-0.15, -0.1) is 93.9 Å². The van der Waals surface area contributed by atoms with E-state index in [4.69, 9.17) is 0 Å². The van der Waals surface area contributed by atoms with Crippen molar-refractivity contribution in [1.82, 2.24) is 0 Å². The molecule has 0 bridgehead atoms. The quantitative estimate of drug-likeness (QED) is 0.115. The summed E-state index contributed by atoms with van der Waals surface area (Å²) in [4.78, 5) is 0. The fraction of sp³-hybridized carbons (Fsp3) is 0.286. The summed E-state index contributed by atoms with van der Waals surface area (Å²) >= 11 is 1.36. The topological polar surface area (TPSA) is 0 Å². The van der Waals surface area contributed by atoms with Crippen LogP contribution in [-0.4, -0.2) is 6.88 Å². The molecule has 60 heavy (non-hydrogen) atoms. The Morgan fingerprint density at radius 1 is 0.450 bits per heavy atom. The van der Waals surface area contributed by atoms with Crippen LogP contribution in [0.15, 0.2) is 146 Å². The Morgan fingerprint density at radius 3 is 1.20 bits per heavy atom. The summed E-state index contributed by atoms with van der Waals surface area (Å²) in [7, 11) is 0. The van der Waals surface area contributed by atoms with Crippen LogP contribution in [0.1, 0.15) is 89.2 Å². The van der Waals surface area contributed by atoms with Crippen LogP contribution < -0.4 is 0 Å². The van der Waals surface area contributed by atoms with E-state index < -0.39 is 0 Å². The van der Waals surface area contributed by atoms with E-state index >= 15 is 0 Å². The molecule has 2 aliphatic carbocycles. The van der Waals surface area contributed by atoms with Gasteiger partial charge in [0.1, 0.15) is 0 Å². The molecule has 0 heterocycles. The van der Waals surface area contributed by atoms with E-state index in [0.717, 1.165) is 0 Å². The van der Waals surface area contributed by atoms with Crippen LogP contribution >= 0.6 is 24.8 Å². The van der Waals surface area contributed by atoms with Crippen LogP contribution in [-0.2, 0) is 36.2 Å². The van der Waals surface area contributed by atoms with Crippen molar-refractivity contribution in [3.8, 4) is 22.3 Å². The van der Waals surface area contributed by atoms with Crippen molar-refractivity contribution in [2.45, 2.75) is 90.9 Å². The standard InChI is InChI=1S/2C27H27.2CH3.2ClH.Si.Zr/c2*1-27(14-5-2-6-15-27)19-20-16-23-10-7-11-25(26(23)17-20)24-13-12-21-8-3-4-9-22(21)18-24;;;;;;/h2*3-4,7-13,16-18H,2,5-6,14-15,19H2,1H3;2*1H3;2*1H;;/q4*-1;;;;. The van der Waals surface area contributed by atoms with Gasteiger partial charge in [0, 0.05) is 0 Å². The molecule has 0 unspecified atom stereocenters. The van der Waals surface area contributed by atoms with Crippen LogP contribution in [0.4, 0.5) is 0 Å². The van der Waals surface area contributed by atoms with Crippen molar-refractivity contribution in [3.05, 3.63) is 172 Å². The molecular weight excluding hydrogens is 863 g/mol. The summed E-state index contributed by atoms with van der Waals surface area (Å²) in [5.41, 5.74) is 9.37. The van der Waals surface area contributed by atoms with Gasteiger partial charge in [0.2, 0.25) is 0 Å². The van der Waals surface area contributed by atoms with E-state index in [2.05, 4.69) is 166 Å². The SMILES string of the molecule is CC1(Cc2cc3c(-c4ccc5ccccc5c4)cccc3[cH-]2)CCCCC1.CC1(Cc2cc3c(-c4ccc5ccccc5c4)cccc3[cH-]2)CCCCC1.Cl.Cl.[CH3-].[CH3-].[Si]=[Zr]. The summed E-state index contributed by atoms with van der Waals surface area (Å²) < 4.78 is 0. The molecule has 2 saturated carbocycles. The van der Waals surface area contributed by atoms with Crippen molar-refractivity contribution in [2.24, 2.45) is 10.8 Å². The minimum absolute atomic E-state index is 0. The van der Waals surface area contributed by atoms with Crippen LogP contribution in [0.25, 0.3) is 65.3 Å². The molecule has 0 N–H and O–H groups in total. The van der Waals surface area contributed by atoms with Crippen molar-refractivity contribution in [1.29, 1.82) is 0 Å². The fourth-order valence-electron chi connectivity index (χ4n) is 10.2. The Balaban J connectivity index is 0.000000239. The molecule has 8 aromatic carbocycles. The van der Waals surface area contributed by atoms with Gasteiger partial charge < -0.3 is 14.9 Å². The summed E-state index contributed by atoms with van der Waals surface area (Å²) in [6.07, 6.45) is 16.4. The first-order valence-corrected chi connectivity index (χ1v) is 25.2. The monoisotopic (exact) mass is 922 g/mol. The van der Waals surface area contributed by atoms with E-state index in [1.165, 1.54) is 177 Å². The second kappa shape index (κ2) is 22.2. The van der Waals surface area contributed by atoms with Gasteiger partial charge in [0.15, 0.2) is 0 Å². The maximum atomic E-state index is 3.06. The van der Waals surface area contributed by atoms with E-state index in [-0.39, 0.29) is 39.7 Å². The van der Waals surface area contributed by atoms with Gasteiger partial charge >= 0.3 is 30.2 Å². The maximum absolute atomic E-state index is 3.06. The third-order valence-corrected chi connectivity index (χ3v) is 13.1. The number of fused-ring (bicyclic) bond motifs is 4. The molecule has 0 spiro atoms. The number of hydrogen-bond acceptors (Lipinski definition) is 0. The zero-order chi connectivity index (χ0) is 38.5. The van der Waals surface area contributed by atoms with Crippen LogP contribution in [0, 0.1) is 25.7 Å². The van der Waals surface area contributed by atoms with E-state index in [0.29, 0.717) is 10.8 Å². The predicted octanol–water partition coefficient (Wildman–Crippen LogP) is 17.1. The first-order chi connectivity index (χ1) is 27.4. The molecule has 8 aromatic rings. The van der Waals surface area contributed by atoms with Gasteiger partial charge in [-0.05, 0) is 94.2 Å². The van der Waals surface area contributed by atoms with Gasteiger partial charge in [-0.2, -0.15) is 12.1 Å². The number of benzene rings is 6. The van der Waals surface area contributed by atoms with E-state index in [1.54, 1.807) is 0 Å². The zero-order valence-corrected chi connectivity index (χ0v) is 41.2. The predicted molar refractivity (Wildman–Crippen MR) is 268 cm³/mol. The number of hydrogen-bond donors (Lipinski definition) is 0. The minimum atomic E-state index is 0. The summed E-state index contributed by atoms with van der Waals surface area (Å²) in [6, 6.07) is 54.2. The van der Waals surface area contributed by atoms with Crippen molar-refractivity contribution < 1.29 is 23.3 Å². The van der Waals surface area contributed by atoms with Crippen molar-refractivity contribution in [2.75, 3.05) is 0 Å². The van der Waals surface area contributed by atoms with Gasteiger partial charge in [0.05, 0.1) is 0 Å². The zero-order valence-electron chi connectivity index (χ0n) is 36.2. The van der Waals surface area contributed by atoms with E-state index in [9.17, 15) is 0 Å². The molecule has 0 aliphatic heterocycles. The first-order valence-electron chi connectivity index (χ1n) is 21.0. The normalized spacial score (nSPS) is 15.2. The molecule has 0 amide bonds. The molecule has 0 saturated heterocycles. The molecule has 10 rings (SSSR count). The molecule has 0 aromatic heterocycles. The number of halogens is 2. The third-order valence-electron chi connectivity index (χ3n) is 13.1. The molecule has 0 nitrogen and oxygen atoms in total. The molecular formula is C56H62Cl2SiZr-4. The Morgan fingerprint density at radius 2 is 0.817 bits per heavy atom. The van der Waals surface area contributed by atoms with E-state index in [1.807, 2.05) is 0 Å². The Labute approximate surface area is 390 Å². The van der Waals surface area contributed by atoms with Crippen LogP contribution in [0.5, 0.6) is 0 Å². The molecule has 0 atom stereocenters. The molecule has 2 radical (unpaired) electrons. The second-order valence-corrected chi connectivity index (χ2v) is 17.6. The fourth-order valence-corrected chi connectivity index (χ4v) is 10.2. The average Bonchev–Trinajstić information content (AvgIpc) is 3.84. The van der Waals surface area contributed by atoms with Crippen molar-refractivity contribution in [3.63, 3.8) is 0 Å². The third kappa shape index (κ3) is 11.2.